The lowest BCUT2D eigenvalue weighted by atomic mass is 9.94. The fourth-order valence-electron chi connectivity index (χ4n) is 4.07. The number of rotatable bonds is 4. The zero-order chi connectivity index (χ0) is 23.0. The van der Waals surface area contributed by atoms with Gasteiger partial charge in [0.15, 0.2) is 5.65 Å². The second-order valence-electron chi connectivity index (χ2n) is 8.51. The predicted molar refractivity (Wildman–Crippen MR) is 111 cm³/mol. The van der Waals surface area contributed by atoms with Gasteiger partial charge < -0.3 is 4.90 Å². The number of carbonyl (C=O) groups excluding carboxylic acids is 1. The molecule has 3 aromatic rings. The van der Waals surface area contributed by atoms with Crippen molar-refractivity contribution in [3.8, 4) is 0 Å². The number of benzene rings is 1. The lowest BCUT2D eigenvalue weighted by molar-refractivity contribution is -0.142. The van der Waals surface area contributed by atoms with E-state index < -0.39 is 17.7 Å². The van der Waals surface area contributed by atoms with Gasteiger partial charge in [-0.3, -0.25) is 4.79 Å². The third-order valence-electron chi connectivity index (χ3n) is 5.84. The van der Waals surface area contributed by atoms with E-state index in [9.17, 15) is 22.4 Å². The van der Waals surface area contributed by atoms with E-state index in [1.165, 1.54) is 6.07 Å². The third kappa shape index (κ3) is 4.47. The van der Waals surface area contributed by atoms with Crippen LogP contribution in [-0.4, -0.2) is 38.5 Å². The summed E-state index contributed by atoms with van der Waals surface area (Å²) in [7, 11) is 0. The number of piperidine rings is 1. The Morgan fingerprint density at radius 3 is 2.66 bits per heavy atom. The average molecular weight is 448 g/mol. The maximum absolute atomic E-state index is 13.9. The maximum atomic E-state index is 13.9. The van der Waals surface area contributed by atoms with Gasteiger partial charge in [-0.05, 0) is 36.5 Å². The fourth-order valence-corrected chi connectivity index (χ4v) is 4.07. The number of halogens is 4. The van der Waals surface area contributed by atoms with Crippen LogP contribution in [-0.2, 0) is 17.4 Å². The van der Waals surface area contributed by atoms with Gasteiger partial charge in [0, 0.05) is 30.8 Å². The summed E-state index contributed by atoms with van der Waals surface area (Å²) < 4.78 is 55.7. The van der Waals surface area contributed by atoms with Crippen LogP contribution in [0, 0.1) is 5.82 Å². The Balaban J connectivity index is 1.60. The number of hydrogen-bond acceptors (Lipinski definition) is 3. The van der Waals surface area contributed by atoms with Crippen molar-refractivity contribution in [1.82, 2.24) is 19.5 Å². The second kappa shape index (κ2) is 8.52. The van der Waals surface area contributed by atoms with Crippen molar-refractivity contribution in [3.63, 3.8) is 0 Å². The molecule has 1 saturated heterocycles. The molecule has 0 bridgehead atoms. The number of hydrogen-bond donors (Lipinski definition) is 0. The van der Waals surface area contributed by atoms with Crippen molar-refractivity contribution in [3.05, 3.63) is 64.9 Å². The minimum absolute atomic E-state index is 0.0535. The van der Waals surface area contributed by atoms with Gasteiger partial charge in [-0.25, -0.2) is 13.9 Å². The molecule has 32 heavy (non-hydrogen) atoms. The van der Waals surface area contributed by atoms with Gasteiger partial charge >= 0.3 is 6.18 Å². The van der Waals surface area contributed by atoms with Crippen molar-refractivity contribution >= 4 is 11.6 Å². The van der Waals surface area contributed by atoms with E-state index >= 15 is 0 Å². The van der Waals surface area contributed by atoms with Crippen molar-refractivity contribution in [1.29, 1.82) is 0 Å². The van der Waals surface area contributed by atoms with E-state index in [1.54, 1.807) is 43.0 Å². The molecule has 2 aromatic heterocycles. The highest BCUT2D eigenvalue weighted by Gasteiger charge is 2.36. The van der Waals surface area contributed by atoms with Crippen LogP contribution in [0.15, 0.2) is 36.4 Å². The lowest BCUT2D eigenvalue weighted by Gasteiger charge is -2.32. The molecule has 5 nitrogen and oxygen atoms in total. The molecule has 3 heterocycles. The van der Waals surface area contributed by atoms with Gasteiger partial charge in [-0.15, -0.1) is 0 Å². The topological polar surface area (TPSA) is 50.5 Å². The van der Waals surface area contributed by atoms with E-state index in [-0.39, 0.29) is 29.8 Å². The summed E-state index contributed by atoms with van der Waals surface area (Å²) in [5.41, 5.74) is 0.440. The molecule has 0 saturated carbocycles. The molecule has 0 spiro atoms. The Labute approximate surface area is 183 Å². The summed E-state index contributed by atoms with van der Waals surface area (Å²) in [5, 5.41) is 4.23. The number of likely N-dealkylation sites (tertiary alicyclic amines) is 1. The first-order chi connectivity index (χ1) is 15.1. The number of alkyl halides is 3. The van der Waals surface area contributed by atoms with Crippen LogP contribution in [0.1, 0.15) is 61.2 Å². The van der Waals surface area contributed by atoms with E-state index in [4.69, 9.17) is 0 Å². The summed E-state index contributed by atoms with van der Waals surface area (Å²) in [6.45, 7) is 4.43. The van der Waals surface area contributed by atoms with Gasteiger partial charge in [-0.2, -0.15) is 18.3 Å². The lowest BCUT2D eigenvalue weighted by Crippen LogP contribution is -2.40. The first kappa shape index (κ1) is 22.2. The van der Waals surface area contributed by atoms with Gasteiger partial charge in [-0.1, -0.05) is 32.0 Å². The molecule has 0 radical (unpaired) electrons. The fraction of sp³-hybridized carbons (Fsp3) is 0.435. The van der Waals surface area contributed by atoms with Gasteiger partial charge in [0.05, 0.1) is 12.1 Å². The number of amides is 1. The molecule has 1 aliphatic rings. The number of aromatic nitrogens is 3. The maximum Gasteiger partial charge on any atom is 0.433 e. The largest absolute Gasteiger partial charge is 0.433 e. The van der Waals surface area contributed by atoms with Gasteiger partial charge in [0.1, 0.15) is 11.5 Å². The quantitative estimate of drug-likeness (QED) is 0.530. The summed E-state index contributed by atoms with van der Waals surface area (Å²) in [4.78, 5) is 18.7. The molecule has 0 aliphatic carbocycles. The summed E-state index contributed by atoms with van der Waals surface area (Å²) in [6.07, 6.45) is -3.23. The van der Waals surface area contributed by atoms with Crippen LogP contribution in [0.4, 0.5) is 17.6 Å². The molecular weight excluding hydrogens is 424 g/mol. The monoisotopic (exact) mass is 448 g/mol. The first-order valence-electron chi connectivity index (χ1n) is 10.6. The van der Waals surface area contributed by atoms with Crippen molar-refractivity contribution in [2.75, 3.05) is 13.1 Å². The third-order valence-corrected chi connectivity index (χ3v) is 5.84. The SMILES string of the molecule is CC(C)c1cc(C(F)(F)F)n2nc([C@H]3CCCN(C(=O)Cc4ccccc4F)C3)cc2n1. The molecule has 1 amide bonds. The average Bonchev–Trinajstić information content (AvgIpc) is 3.18. The second-order valence-corrected chi connectivity index (χ2v) is 8.51. The Morgan fingerprint density at radius 2 is 1.97 bits per heavy atom. The van der Waals surface area contributed by atoms with E-state index in [1.807, 2.05) is 0 Å². The number of nitrogens with zero attached hydrogens (tertiary/aromatic N) is 4. The van der Waals surface area contributed by atoms with Gasteiger partial charge in [0.2, 0.25) is 5.91 Å². The van der Waals surface area contributed by atoms with Crippen molar-refractivity contribution in [2.24, 2.45) is 0 Å². The molecule has 0 N–H and O–H groups in total. The Morgan fingerprint density at radius 1 is 1.22 bits per heavy atom. The van der Waals surface area contributed by atoms with Crippen LogP contribution in [0.25, 0.3) is 5.65 Å². The van der Waals surface area contributed by atoms with Crippen LogP contribution in [0.2, 0.25) is 0 Å². The Hall–Kier alpha value is -2.97. The van der Waals surface area contributed by atoms with E-state index in [2.05, 4.69) is 10.1 Å². The summed E-state index contributed by atoms with van der Waals surface area (Å²) in [5.74, 6) is -1.01. The zero-order valence-corrected chi connectivity index (χ0v) is 17.9. The van der Waals surface area contributed by atoms with Crippen molar-refractivity contribution in [2.45, 2.75) is 51.1 Å². The van der Waals surface area contributed by atoms with Crippen LogP contribution < -0.4 is 0 Å². The smallest absolute Gasteiger partial charge is 0.342 e. The molecule has 170 valence electrons. The molecule has 4 rings (SSSR count). The van der Waals surface area contributed by atoms with E-state index in [0.29, 0.717) is 42.9 Å². The predicted octanol–water partition coefficient (Wildman–Crippen LogP) is 4.96. The van der Waals surface area contributed by atoms with Crippen LogP contribution >= 0.6 is 0 Å². The number of fused-ring (bicyclic) bond motifs is 1. The molecule has 1 aromatic carbocycles. The molecule has 0 unspecified atom stereocenters. The minimum Gasteiger partial charge on any atom is -0.342 e. The molecule has 9 heteroatoms. The normalized spacial score (nSPS) is 17.3. The molecule has 1 atom stereocenters. The number of carbonyl (C=O) groups is 1. The first-order valence-corrected chi connectivity index (χ1v) is 10.6. The standard InChI is InChI=1S/C23H24F4N4O/c1-14(2)18-11-20(23(25,26)27)31-21(28-18)12-19(29-31)16-7-5-9-30(13-16)22(32)10-15-6-3-4-8-17(15)24/h3-4,6,8,11-12,14,16H,5,7,9-10,13H2,1-2H3/t16-/m0/s1. The molecule has 1 fully saturated rings. The summed E-state index contributed by atoms with van der Waals surface area (Å²) >= 11 is 0. The molecule has 1 aliphatic heterocycles. The van der Waals surface area contributed by atoms with Gasteiger partial charge in [0.25, 0.3) is 0 Å². The molecular formula is C23H24F4N4O. The van der Waals surface area contributed by atoms with E-state index in [0.717, 1.165) is 10.6 Å². The highest BCUT2D eigenvalue weighted by atomic mass is 19.4. The van der Waals surface area contributed by atoms with Crippen molar-refractivity contribution < 1.29 is 22.4 Å². The minimum atomic E-state index is -4.57. The van der Waals surface area contributed by atoms with Crippen LogP contribution in [0.3, 0.4) is 0 Å². The van der Waals surface area contributed by atoms with Crippen LogP contribution in [0.5, 0.6) is 0 Å². The highest BCUT2D eigenvalue weighted by molar-refractivity contribution is 5.79. The zero-order valence-electron chi connectivity index (χ0n) is 17.9. The summed E-state index contributed by atoms with van der Waals surface area (Å²) in [6, 6.07) is 8.76. The Bertz CT molecular complexity index is 1140. The Kier molecular flexibility index (Phi) is 5.92. The highest BCUT2D eigenvalue weighted by Crippen LogP contribution is 2.33.